The van der Waals surface area contributed by atoms with Crippen molar-refractivity contribution in [2.24, 2.45) is 0 Å². The molecular weight excluding hydrogens is 258 g/mol. The average Bonchev–Trinajstić information content (AvgIpc) is 2.79. The minimum atomic E-state index is -0.589. The van der Waals surface area contributed by atoms with E-state index >= 15 is 0 Å². The quantitative estimate of drug-likeness (QED) is 0.819. The lowest BCUT2D eigenvalue weighted by molar-refractivity contribution is -0.121. The first-order valence-corrected chi connectivity index (χ1v) is 6.64. The number of amides is 3. The van der Waals surface area contributed by atoms with Gasteiger partial charge in [0.15, 0.2) is 0 Å². The van der Waals surface area contributed by atoms with Crippen molar-refractivity contribution in [2.45, 2.75) is 13.0 Å². The highest BCUT2D eigenvalue weighted by Gasteiger charge is 2.30. The minimum Gasteiger partial charge on any atom is -0.392 e. The molecular formula is C14H19N3O3. The van der Waals surface area contributed by atoms with Crippen molar-refractivity contribution in [1.29, 1.82) is 0 Å². The van der Waals surface area contributed by atoms with Crippen molar-refractivity contribution in [3.8, 4) is 0 Å². The smallest absolute Gasteiger partial charge is 0.325 e. The molecule has 3 amide bonds. The Morgan fingerprint density at radius 1 is 1.35 bits per heavy atom. The monoisotopic (exact) mass is 277 g/mol. The van der Waals surface area contributed by atoms with Crippen LogP contribution in [0.25, 0.3) is 0 Å². The molecule has 2 N–H and O–H groups in total. The summed E-state index contributed by atoms with van der Waals surface area (Å²) < 4.78 is 0. The van der Waals surface area contributed by atoms with Crippen LogP contribution in [0.1, 0.15) is 6.92 Å². The van der Waals surface area contributed by atoms with Gasteiger partial charge in [0, 0.05) is 25.3 Å². The zero-order valence-electron chi connectivity index (χ0n) is 11.5. The summed E-state index contributed by atoms with van der Waals surface area (Å²) in [5, 5.41) is 11.7. The molecule has 0 radical (unpaired) electrons. The normalized spacial score (nSPS) is 16.4. The lowest BCUT2D eigenvalue weighted by Gasteiger charge is -2.18. The van der Waals surface area contributed by atoms with Crippen LogP contribution in [0.2, 0.25) is 0 Å². The fourth-order valence-corrected chi connectivity index (χ4v) is 2.07. The van der Waals surface area contributed by atoms with Gasteiger partial charge in [-0.1, -0.05) is 18.2 Å². The second-order valence-electron chi connectivity index (χ2n) is 4.84. The van der Waals surface area contributed by atoms with Crippen LogP contribution >= 0.6 is 0 Å². The highest BCUT2D eigenvalue weighted by atomic mass is 16.3. The Morgan fingerprint density at radius 3 is 2.70 bits per heavy atom. The van der Waals surface area contributed by atoms with Gasteiger partial charge in [0.1, 0.15) is 6.54 Å². The Morgan fingerprint density at radius 2 is 2.05 bits per heavy atom. The minimum absolute atomic E-state index is 0.0227. The third-order valence-corrected chi connectivity index (χ3v) is 3.09. The average molecular weight is 277 g/mol. The molecule has 6 nitrogen and oxygen atoms in total. The molecule has 1 heterocycles. The standard InChI is InChI=1S/C14H19N3O3/c1-11(18)9-15-13(19)10-16-7-8-17(14(16)20)12-5-3-2-4-6-12/h2-6,11,18H,7-10H2,1H3,(H,15,19). The Labute approximate surface area is 118 Å². The molecule has 20 heavy (non-hydrogen) atoms. The van der Waals surface area contributed by atoms with Crippen LogP contribution in [0.5, 0.6) is 0 Å². The van der Waals surface area contributed by atoms with Crippen molar-refractivity contribution in [3.63, 3.8) is 0 Å². The molecule has 0 bridgehead atoms. The molecule has 0 aromatic heterocycles. The summed E-state index contributed by atoms with van der Waals surface area (Å²) in [5.41, 5.74) is 0.837. The molecule has 0 aliphatic carbocycles. The summed E-state index contributed by atoms with van der Waals surface area (Å²) in [7, 11) is 0. The van der Waals surface area contributed by atoms with Crippen LogP contribution in [0, 0.1) is 0 Å². The van der Waals surface area contributed by atoms with Crippen molar-refractivity contribution < 1.29 is 14.7 Å². The second-order valence-corrected chi connectivity index (χ2v) is 4.84. The summed E-state index contributed by atoms with van der Waals surface area (Å²) in [5.74, 6) is -0.255. The number of rotatable bonds is 5. The maximum absolute atomic E-state index is 12.2. The lowest BCUT2D eigenvalue weighted by atomic mass is 10.3. The van der Waals surface area contributed by atoms with Gasteiger partial charge in [-0.15, -0.1) is 0 Å². The third kappa shape index (κ3) is 3.48. The van der Waals surface area contributed by atoms with Gasteiger partial charge in [0.05, 0.1) is 6.10 Å². The number of anilines is 1. The van der Waals surface area contributed by atoms with Gasteiger partial charge in [-0.25, -0.2) is 4.79 Å². The molecule has 108 valence electrons. The van der Waals surface area contributed by atoms with Gasteiger partial charge in [-0.05, 0) is 19.1 Å². The number of hydrogen-bond acceptors (Lipinski definition) is 3. The molecule has 1 aliphatic heterocycles. The summed E-state index contributed by atoms with van der Waals surface area (Å²) in [6.07, 6.45) is -0.589. The Balaban J connectivity index is 1.90. The van der Waals surface area contributed by atoms with Crippen LogP contribution in [-0.4, -0.2) is 54.2 Å². The molecule has 1 unspecified atom stereocenters. The van der Waals surface area contributed by atoms with E-state index in [2.05, 4.69) is 5.32 Å². The summed E-state index contributed by atoms with van der Waals surface area (Å²) in [6, 6.07) is 9.22. The van der Waals surface area contributed by atoms with E-state index in [1.807, 2.05) is 30.3 Å². The number of carbonyl (C=O) groups excluding carboxylic acids is 2. The second kappa shape index (κ2) is 6.38. The first kappa shape index (κ1) is 14.3. The van der Waals surface area contributed by atoms with E-state index in [0.29, 0.717) is 13.1 Å². The van der Waals surface area contributed by atoms with E-state index in [1.54, 1.807) is 11.8 Å². The SMILES string of the molecule is CC(O)CNC(=O)CN1CCN(c2ccccc2)C1=O. The number of nitrogens with one attached hydrogen (secondary N) is 1. The van der Waals surface area contributed by atoms with Crippen LogP contribution in [0.4, 0.5) is 10.5 Å². The first-order chi connectivity index (χ1) is 9.58. The molecule has 1 aromatic carbocycles. The van der Waals surface area contributed by atoms with Crippen LogP contribution in [0.3, 0.4) is 0 Å². The highest BCUT2D eigenvalue weighted by Crippen LogP contribution is 2.19. The van der Waals surface area contributed by atoms with E-state index in [1.165, 1.54) is 4.90 Å². The molecule has 0 spiro atoms. The molecule has 1 saturated heterocycles. The maximum Gasteiger partial charge on any atom is 0.325 e. The van der Waals surface area contributed by atoms with Crippen molar-refractivity contribution >= 4 is 17.6 Å². The number of aliphatic hydroxyl groups excluding tert-OH is 1. The van der Waals surface area contributed by atoms with E-state index in [4.69, 9.17) is 5.11 Å². The highest BCUT2D eigenvalue weighted by molar-refractivity contribution is 5.96. The van der Waals surface area contributed by atoms with Gasteiger partial charge < -0.3 is 15.3 Å². The Bertz CT molecular complexity index is 476. The molecule has 1 atom stereocenters. The number of hydrogen-bond donors (Lipinski definition) is 2. The van der Waals surface area contributed by atoms with Crippen LogP contribution in [0.15, 0.2) is 30.3 Å². The number of benzene rings is 1. The summed E-state index contributed by atoms with van der Waals surface area (Å²) in [6.45, 7) is 2.92. The van der Waals surface area contributed by atoms with Crippen molar-refractivity contribution in [2.75, 3.05) is 31.1 Å². The molecule has 0 saturated carbocycles. The third-order valence-electron chi connectivity index (χ3n) is 3.09. The van der Waals surface area contributed by atoms with E-state index in [9.17, 15) is 9.59 Å². The van der Waals surface area contributed by atoms with Crippen LogP contribution < -0.4 is 10.2 Å². The number of aliphatic hydroxyl groups is 1. The summed E-state index contributed by atoms with van der Waals surface area (Å²) in [4.78, 5) is 27.0. The molecule has 2 rings (SSSR count). The maximum atomic E-state index is 12.2. The van der Waals surface area contributed by atoms with Gasteiger partial charge in [-0.2, -0.15) is 0 Å². The van der Waals surface area contributed by atoms with Gasteiger partial charge >= 0.3 is 6.03 Å². The first-order valence-electron chi connectivity index (χ1n) is 6.64. The zero-order valence-corrected chi connectivity index (χ0v) is 11.5. The lowest BCUT2D eigenvalue weighted by Crippen LogP contribution is -2.41. The van der Waals surface area contributed by atoms with E-state index < -0.39 is 6.10 Å². The van der Waals surface area contributed by atoms with Gasteiger partial charge in [0.25, 0.3) is 0 Å². The van der Waals surface area contributed by atoms with Crippen LogP contribution in [-0.2, 0) is 4.79 Å². The summed E-state index contributed by atoms with van der Waals surface area (Å²) >= 11 is 0. The number of urea groups is 1. The number of carbonyl (C=O) groups is 2. The fourth-order valence-electron chi connectivity index (χ4n) is 2.07. The molecule has 6 heteroatoms. The fraction of sp³-hybridized carbons (Fsp3) is 0.429. The van der Waals surface area contributed by atoms with Crippen molar-refractivity contribution in [3.05, 3.63) is 30.3 Å². The van der Waals surface area contributed by atoms with Gasteiger partial charge in [-0.3, -0.25) is 9.69 Å². The predicted octanol–water partition coefficient (Wildman–Crippen LogP) is 0.426. The topological polar surface area (TPSA) is 72.9 Å². The van der Waals surface area contributed by atoms with Crippen molar-refractivity contribution in [1.82, 2.24) is 10.2 Å². The predicted molar refractivity (Wildman–Crippen MR) is 75.4 cm³/mol. The number of para-hydroxylation sites is 1. The Kier molecular flexibility index (Phi) is 4.57. The zero-order chi connectivity index (χ0) is 14.5. The van der Waals surface area contributed by atoms with E-state index in [0.717, 1.165) is 5.69 Å². The molecule has 1 fully saturated rings. The van der Waals surface area contributed by atoms with E-state index in [-0.39, 0.29) is 25.0 Å². The molecule has 1 aliphatic rings. The largest absolute Gasteiger partial charge is 0.392 e. The Hall–Kier alpha value is -2.08. The number of nitrogens with zero attached hydrogens (tertiary/aromatic N) is 2. The van der Waals surface area contributed by atoms with Gasteiger partial charge in [0.2, 0.25) is 5.91 Å². The molecule has 1 aromatic rings.